The standard InChI is InChI=1S/C15H11BrFNO/c16-15(9-10-5-2-1-3-6-10)13-11(17)7-4-8-12(13)18-14(15)19/h1-8H,9H2,(H,18,19). The van der Waals surface area contributed by atoms with Crippen molar-refractivity contribution in [1.82, 2.24) is 0 Å². The quantitative estimate of drug-likeness (QED) is 0.842. The van der Waals surface area contributed by atoms with Gasteiger partial charge in [0, 0.05) is 17.7 Å². The Kier molecular flexibility index (Phi) is 2.90. The molecule has 0 aromatic heterocycles. The molecule has 2 aromatic rings. The molecule has 3 rings (SSSR count). The van der Waals surface area contributed by atoms with Crippen molar-refractivity contribution in [2.45, 2.75) is 10.7 Å². The van der Waals surface area contributed by atoms with Crippen molar-refractivity contribution in [3.63, 3.8) is 0 Å². The molecule has 1 aliphatic heterocycles. The molecule has 2 nitrogen and oxygen atoms in total. The van der Waals surface area contributed by atoms with E-state index in [0.29, 0.717) is 17.7 Å². The number of benzene rings is 2. The molecule has 1 unspecified atom stereocenters. The highest BCUT2D eigenvalue weighted by Gasteiger charge is 2.46. The van der Waals surface area contributed by atoms with Gasteiger partial charge in [-0.2, -0.15) is 0 Å². The van der Waals surface area contributed by atoms with Gasteiger partial charge in [0.1, 0.15) is 10.1 Å². The van der Waals surface area contributed by atoms with Crippen LogP contribution >= 0.6 is 15.9 Å². The molecule has 0 spiro atoms. The van der Waals surface area contributed by atoms with E-state index < -0.39 is 4.32 Å². The molecule has 1 amide bonds. The fourth-order valence-corrected chi connectivity index (χ4v) is 3.24. The van der Waals surface area contributed by atoms with Gasteiger partial charge in [-0.15, -0.1) is 0 Å². The Morgan fingerprint density at radius 2 is 1.84 bits per heavy atom. The van der Waals surface area contributed by atoms with E-state index in [1.807, 2.05) is 30.3 Å². The number of fused-ring (bicyclic) bond motifs is 1. The molecule has 0 aliphatic carbocycles. The lowest BCUT2D eigenvalue weighted by Gasteiger charge is -2.20. The van der Waals surface area contributed by atoms with Crippen LogP contribution in [0.15, 0.2) is 48.5 Å². The minimum absolute atomic E-state index is 0.226. The van der Waals surface area contributed by atoms with E-state index in [1.54, 1.807) is 12.1 Å². The number of hydrogen-bond acceptors (Lipinski definition) is 1. The highest BCUT2D eigenvalue weighted by Crippen LogP contribution is 2.46. The fraction of sp³-hybridized carbons (Fsp3) is 0.133. The van der Waals surface area contributed by atoms with Crippen molar-refractivity contribution in [2.24, 2.45) is 0 Å². The first-order valence-electron chi connectivity index (χ1n) is 5.94. The average molecular weight is 320 g/mol. The van der Waals surface area contributed by atoms with Crippen molar-refractivity contribution in [3.05, 3.63) is 65.5 Å². The molecule has 0 fully saturated rings. The number of rotatable bonds is 2. The van der Waals surface area contributed by atoms with Crippen LogP contribution in [0.25, 0.3) is 0 Å². The number of alkyl halides is 1. The molecule has 4 heteroatoms. The van der Waals surface area contributed by atoms with Gasteiger partial charge in [0.15, 0.2) is 0 Å². The predicted molar refractivity (Wildman–Crippen MR) is 75.8 cm³/mol. The summed E-state index contributed by atoms with van der Waals surface area (Å²) in [6.45, 7) is 0. The van der Waals surface area contributed by atoms with Gasteiger partial charge in [0.2, 0.25) is 5.91 Å². The first-order chi connectivity index (χ1) is 9.11. The first-order valence-corrected chi connectivity index (χ1v) is 6.74. The van der Waals surface area contributed by atoms with Crippen LogP contribution in [0.3, 0.4) is 0 Å². The Labute approximate surface area is 118 Å². The van der Waals surface area contributed by atoms with Crippen molar-refractivity contribution in [3.8, 4) is 0 Å². The van der Waals surface area contributed by atoms with Gasteiger partial charge < -0.3 is 5.32 Å². The highest BCUT2D eigenvalue weighted by atomic mass is 79.9. The number of carbonyl (C=O) groups is 1. The van der Waals surface area contributed by atoms with Gasteiger partial charge in [0.05, 0.1) is 0 Å². The summed E-state index contributed by atoms with van der Waals surface area (Å²) < 4.78 is 13.0. The lowest BCUT2D eigenvalue weighted by Crippen LogP contribution is -2.30. The third-order valence-corrected chi connectivity index (χ3v) is 4.35. The van der Waals surface area contributed by atoms with Gasteiger partial charge in [-0.05, 0) is 17.7 Å². The third kappa shape index (κ3) is 1.96. The van der Waals surface area contributed by atoms with Gasteiger partial charge in [-0.1, -0.05) is 52.3 Å². The van der Waals surface area contributed by atoms with Crippen LogP contribution < -0.4 is 5.32 Å². The third-order valence-electron chi connectivity index (χ3n) is 3.31. The largest absolute Gasteiger partial charge is 0.324 e. The minimum atomic E-state index is -1.03. The zero-order valence-electron chi connectivity index (χ0n) is 9.99. The molecule has 0 saturated heterocycles. The molecular weight excluding hydrogens is 309 g/mol. The zero-order chi connectivity index (χ0) is 13.5. The second kappa shape index (κ2) is 4.46. The summed E-state index contributed by atoms with van der Waals surface area (Å²) in [6, 6.07) is 14.2. The summed E-state index contributed by atoms with van der Waals surface area (Å²) in [4.78, 5) is 12.2. The molecule has 2 aromatic carbocycles. The van der Waals surface area contributed by atoms with E-state index in [4.69, 9.17) is 0 Å². The maximum Gasteiger partial charge on any atom is 0.246 e. The Morgan fingerprint density at radius 1 is 1.11 bits per heavy atom. The van der Waals surface area contributed by atoms with E-state index >= 15 is 0 Å². The van der Waals surface area contributed by atoms with E-state index in [2.05, 4.69) is 21.2 Å². The fourth-order valence-electron chi connectivity index (χ4n) is 2.41. The molecule has 1 N–H and O–H groups in total. The lowest BCUT2D eigenvalue weighted by molar-refractivity contribution is -0.117. The second-order valence-corrected chi connectivity index (χ2v) is 5.93. The van der Waals surface area contributed by atoms with Crippen LogP contribution in [0.5, 0.6) is 0 Å². The average Bonchev–Trinajstić information content (AvgIpc) is 2.64. The minimum Gasteiger partial charge on any atom is -0.324 e. The number of amides is 1. The van der Waals surface area contributed by atoms with Crippen LogP contribution in [0, 0.1) is 5.82 Å². The molecule has 1 atom stereocenters. The van der Waals surface area contributed by atoms with Gasteiger partial charge in [-0.3, -0.25) is 4.79 Å². The summed E-state index contributed by atoms with van der Waals surface area (Å²) in [5, 5.41) is 2.72. The SMILES string of the molecule is O=C1Nc2cccc(F)c2C1(Br)Cc1ccccc1. The predicted octanol–water partition coefficient (Wildman–Crippen LogP) is 3.61. The second-order valence-electron chi connectivity index (χ2n) is 4.58. The number of carbonyl (C=O) groups excluding carboxylic acids is 1. The van der Waals surface area contributed by atoms with Crippen LogP contribution in [0.1, 0.15) is 11.1 Å². The summed E-state index contributed by atoms with van der Waals surface area (Å²) in [5.74, 6) is -0.597. The van der Waals surface area contributed by atoms with Crippen LogP contribution in [0.4, 0.5) is 10.1 Å². The molecule has 0 saturated carbocycles. The molecule has 1 heterocycles. The smallest absolute Gasteiger partial charge is 0.246 e. The van der Waals surface area contributed by atoms with Crippen molar-refractivity contribution >= 4 is 27.5 Å². The Balaban J connectivity index is 2.08. The van der Waals surface area contributed by atoms with Gasteiger partial charge >= 0.3 is 0 Å². The molecular formula is C15H11BrFNO. The van der Waals surface area contributed by atoms with Crippen LogP contribution in [0.2, 0.25) is 0 Å². The highest BCUT2D eigenvalue weighted by molar-refractivity contribution is 9.10. The summed E-state index contributed by atoms with van der Waals surface area (Å²) in [5.41, 5.74) is 1.91. The van der Waals surface area contributed by atoms with E-state index in [-0.39, 0.29) is 11.7 Å². The maximum atomic E-state index is 14.0. The lowest BCUT2D eigenvalue weighted by atomic mass is 9.92. The number of nitrogens with one attached hydrogen (secondary N) is 1. The molecule has 0 bridgehead atoms. The van der Waals surface area contributed by atoms with E-state index in [9.17, 15) is 9.18 Å². The zero-order valence-corrected chi connectivity index (χ0v) is 11.6. The molecule has 0 radical (unpaired) electrons. The monoisotopic (exact) mass is 319 g/mol. The summed E-state index contributed by atoms with van der Waals surface area (Å²) in [7, 11) is 0. The van der Waals surface area contributed by atoms with Crippen molar-refractivity contribution in [1.29, 1.82) is 0 Å². The number of halogens is 2. The van der Waals surface area contributed by atoms with E-state index in [1.165, 1.54) is 6.07 Å². The van der Waals surface area contributed by atoms with E-state index in [0.717, 1.165) is 5.56 Å². The van der Waals surface area contributed by atoms with Gasteiger partial charge in [0.25, 0.3) is 0 Å². The number of anilines is 1. The molecule has 1 aliphatic rings. The summed E-state index contributed by atoms with van der Waals surface area (Å²) in [6.07, 6.45) is 0.410. The van der Waals surface area contributed by atoms with Gasteiger partial charge in [-0.25, -0.2) is 4.39 Å². The van der Waals surface area contributed by atoms with Crippen LogP contribution in [-0.4, -0.2) is 5.91 Å². The Hall–Kier alpha value is -1.68. The first kappa shape index (κ1) is 12.4. The Bertz CT molecular complexity index is 644. The van der Waals surface area contributed by atoms with Crippen molar-refractivity contribution in [2.75, 3.05) is 5.32 Å². The molecule has 19 heavy (non-hydrogen) atoms. The van der Waals surface area contributed by atoms with Crippen LogP contribution in [-0.2, 0) is 15.5 Å². The summed E-state index contributed by atoms with van der Waals surface area (Å²) >= 11 is 3.45. The number of hydrogen-bond donors (Lipinski definition) is 1. The molecule has 96 valence electrons. The normalized spacial score (nSPS) is 21.1. The Morgan fingerprint density at radius 3 is 2.58 bits per heavy atom. The maximum absolute atomic E-state index is 14.0. The van der Waals surface area contributed by atoms with Crippen molar-refractivity contribution < 1.29 is 9.18 Å². The topological polar surface area (TPSA) is 29.1 Å².